The van der Waals surface area contributed by atoms with Gasteiger partial charge in [-0.05, 0) is 45.5 Å². The van der Waals surface area contributed by atoms with Crippen molar-refractivity contribution in [3.63, 3.8) is 0 Å². The Bertz CT molecular complexity index is 456. The highest BCUT2D eigenvalue weighted by Gasteiger charge is 2.35. The van der Waals surface area contributed by atoms with Crippen molar-refractivity contribution in [2.24, 2.45) is 5.73 Å². The summed E-state index contributed by atoms with van der Waals surface area (Å²) in [5, 5.41) is 0. The summed E-state index contributed by atoms with van der Waals surface area (Å²) >= 11 is 0. The average molecular weight is 291 g/mol. The lowest BCUT2D eigenvalue weighted by atomic mass is 9.93. The molecular weight excluding hydrogens is 262 g/mol. The van der Waals surface area contributed by atoms with Crippen molar-refractivity contribution in [3.8, 4) is 5.75 Å². The Morgan fingerprint density at radius 3 is 2.29 bits per heavy atom. The van der Waals surface area contributed by atoms with E-state index in [1.54, 1.807) is 7.11 Å². The van der Waals surface area contributed by atoms with E-state index in [0.29, 0.717) is 0 Å². The van der Waals surface area contributed by atoms with E-state index in [9.17, 15) is 0 Å². The molecule has 2 atom stereocenters. The number of nitrogens with zero attached hydrogens (tertiary/aromatic N) is 2. The molecule has 1 saturated heterocycles. The van der Waals surface area contributed by atoms with Crippen molar-refractivity contribution in [2.45, 2.75) is 38.4 Å². The van der Waals surface area contributed by atoms with Gasteiger partial charge < -0.3 is 10.5 Å². The van der Waals surface area contributed by atoms with Crippen LogP contribution in [0.3, 0.4) is 0 Å². The molecule has 1 aliphatic rings. The van der Waals surface area contributed by atoms with E-state index in [0.717, 1.165) is 25.4 Å². The van der Waals surface area contributed by atoms with Crippen LogP contribution in [0.25, 0.3) is 0 Å². The van der Waals surface area contributed by atoms with E-state index in [4.69, 9.17) is 10.5 Å². The summed E-state index contributed by atoms with van der Waals surface area (Å²) in [6, 6.07) is 8.66. The fourth-order valence-electron chi connectivity index (χ4n) is 3.16. The molecule has 2 N–H and O–H groups in total. The van der Waals surface area contributed by atoms with Gasteiger partial charge in [0.15, 0.2) is 0 Å². The molecule has 0 spiro atoms. The molecule has 1 aromatic carbocycles. The third-order valence-electron chi connectivity index (χ3n) is 4.69. The summed E-state index contributed by atoms with van der Waals surface area (Å²) in [6.07, 6.45) is 0. The van der Waals surface area contributed by atoms with Gasteiger partial charge in [-0.1, -0.05) is 12.1 Å². The molecule has 0 amide bonds. The summed E-state index contributed by atoms with van der Waals surface area (Å²) < 4.78 is 5.25. The third kappa shape index (κ3) is 3.57. The number of benzene rings is 1. The van der Waals surface area contributed by atoms with Crippen molar-refractivity contribution in [2.75, 3.05) is 33.8 Å². The number of likely N-dealkylation sites (N-methyl/N-ethyl adjacent to an activating group) is 1. The fourth-order valence-corrected chi connectivity index (χ4v) is 3.16. The zero-order valence-corrected chi connectivity index (χ0v) is 14.0. The molecule has 2 unspecified atom stereocenters. The maximum atomic E-state index is 6.31. The molecule has 118 valence electrons. The molecule has 0 aliphatic carbocycles. The number of hydrogen-bond acceptors (Lipinski definition) is 4. The van der Waals surface area contributed by atoms with Gasteiger partial charge in [0.25, 0.3) is 0 Å². The average Bonchev–Trinajstić information content (AvgIpc) is 2.43. The predicted octanol–water partition coefficient (Wildman–Crippen LogP) is 2.11. The van der Waals surface area contributed by atoms with Crippen LogP contribution in [0.2, 0.25) is 0 Å². The fraction of sp³-hybridized carbons (Fsp3) is 0.647. The van der Waals surface area contributed by atoms with Crippen molar-refractivity contribution in [1.82, 2.24) is 9.80 Å². The number of ether oxygens (including phenoxy) is 1. The Labute approximate surface area is 128 Å². The highest BCUT2D eigenvalue weighted by atomic mass is 16.5. The minimum atomic E-state index is 0.0950. The Hall–Kier alpha value is -1.10. The maximum Gasteiger partial charge on any atom is 0.118 e. The predicted molar refractivity (Wildman–Crippen MR) is 87.7 cm³/mol. The number of methoxy groups -OCH3 is 1. The highest BCUT2D eigenvalue weighted by Crippen LogP contribution is 2.30. The largest absolute Gasteiger partial charge is 0.497 e. The van der Waals surface area contributed by atoms with E-state index in [-0.39, 0.29) is 17.6 Å². The Kier molecular flexibility index (Phi) is 4.91. The van der Waals surface area contributed by atoms with E-state index in [2.05, 4.69) is 49.8 Å². The first kappa shape index (κ1) is 16.3. The molecule has 0 aromatic heterocycles. The Balaban J connectivity index is 2.22. The van der Waals surface area contributed by atoms with Crippen LogP contribution >= 0.6 is 0 Å². The van der Waals surface area contributed by atoms with Crippen LogP contribution in [0, 0.1) is 0 Å². The molecule has 0 saturated carbocycles. The van der Waals surface area contributed by atoms with Gasteiger partial charge in [0, 0.05) is 37.3 Å². The van der Waals surface area contributed by atoms with Gasteiger partial charge >= 0.3 is 0 Å². The summed E-state index contributed by atoms with van der Waals surface area (Å²) in [5.74, 6) is 0.890. The highest BCUT2D eigenvalue weighted by molar-refractivity contribution is 5.30. The Morgan fingerprint density at radius 1 is 1.19 bits per heavy atom. The normalized spacial score (nSPS) is 22.8. The van der Waals surface area contributed by atoms with Crippen LogP contribution in [0.1, 0.15) is 32.4 Å². The van der Waals surface area contributed by atoms with E-state index >= 15 is 0 Å². The molecule has 2 rings (SSSR count). The Morgan fingerprint density at radius 2 is 1.81 bits per heavy atom. The topological polar surface area (TPSA) is 41.7 Å². The molecule has 1 fully saturated rings. The maximum absolute atomic E-state index is 6.31. The quantitative estimate of drug-likeness (QED) is 0.922. The van der Waals surface area contributed by atoms with Crippen LogP contribution in [0.4, 0.5) is 0 Å². The molecule has 1 aliphatic heterocycles. The molecule has 1 heterocycles. The molecular formula is C17H29N3O. The summed E-state index contributed by atoms with van der Waals surface area (Å²) in [7, 11) is 3.90. The molecule has 21 heavy (non-hydrogen) atoms. The number of nitrogens with two attached hydrogens (primary N) is 1. The van der Waals surface area contributed by atoms with Gasteiger partial charge in [0.1, 0.15) is 5.75 Å². The second-order valence-corrected chi connectivity index (χ2v) is 6.78. The van der Waals surface area contributed by atoms with Crippen LogP contribution < -0.4 is 10.5 Å². The zero-order chi connectivity index (χ0) is 15.6. The van der Waals surface area contributed by atoms with Crippen molar-refractivity contribution in [1.29, 1.82) is 0 Å². The molecule has 1 aromatic rings. The van der Waals surface area contributed by atoms with E-state index in [1.165, 1.54) is 5.56 Å². The summed E-state index contributed by atoms with van der Waals surface area (Å²) in [6.45, 7) is 9.85. The second kappa shape index (κ2) is 6.34. The summed E-state index contributed by atoms with van der Waals surface area (Å²) in [5.41, 5.74) is 7.75. The van der Waals surface area contributed by atoms with Crippen LogP contribution in [-0.2, 0) is 0 Å². The van der Waals surface area contributed by atoms with Gasteiger partial charge in [0.2, 0.25) is 0 Å². The monoisotopic (exact) mass is 291 g/mol. The SMILES string of the molecule is COc1ccc(C(C(C)N)N2CCN(C)C(C)(C)C2)cc1. The van der Waals surface area contributed by atoms with Crippen molar-refractivity contribution < 1.29 is 4.74 Å². The van der Waals surface area contributed by atoms with Crippen molar-refractivity contribution in [3.05, 3.63) is 29.8 Å². The van der Waals surface area contributed by atoms with E-state index in [1.807, 2.05) is 12.1 Å². The van der Waals surface area contributed by atoms with Gasteiger partial charge in [-0.3, -0.25) is 9.80 Å². The molecule has 4 heteroatoms. The summed E-state index contributed by atoms with van der Waals surface area (Å²) in [4.78, 5) is 4.95. The zero-order valence-electron chi connectivity index (χ0n) is 14.0. The first-order valence-corrected chi connectivity index (χ1v) is 7.70. The van der Waals surface area contributed by atoms with Crippen LogP contribution in [0.15, 0.2) is 24.3 Å². The minimum Gasteiger partial charge on any atom is -0.497 e. The first-order valence-electron chi connectivity index (χ1n) is 7.70. The number of hydrogen-bond donors (Lipinski definition) is 1. The lowest BCUT2D eigenvalue weighted by Gasteiger charge is -2.48. The second-order valence-electron chi connectivity index (χ2n) is 6.78. The number of piperazine rings is 1. The number of rotatable bonds is 4. The lowest BCUT2D eigenvalue weighted by molar-refractivity contribution is 0.0112. The molecule has 0 radical (unpaired) electrons. The van der Waals surface area contributed by atoms with Crippen LogP contribution in [-0.4, -0.2) is 55.2 Å². The van der Waals surface area contributed by atoms with Gasteiger partial charge in [-0.15, -0.1) is 0 Å². The van der Waals surface area contributed by atoms with Crippen molar-refractivity contribution >= 4 is 0 Å². The van der Waals surface area contributed by atoms with Gasteiger partial charge in [-0.25, -0.2) is 0 Å². The first-order chi connectivity index (χ1) is 9.85. The third-order valence-corrected chi connectivity index (χ3v) is 4.69. The lowest BCUT2D eigenvalue weighted by Crippen LogP contribution is -2.59. The van der Waals surface area contributed by atoms with Gasteiger partial charge in [-0.2, -0.15) is 0 Å². The van der Waals surface area contributed by atoms with Gasteiger partial charge in [0.05, 0.1) is 7.11 Å². The standard InChI is InChI=1S/C17H29N3O/c1-13(18)16(14-6-8-15(21-5)9-7-14)20-11-10-19(4)17(2,3)12-20/h6-9,13,16H,10-12,18H2,1-5H3. The molecule has 0 bridgehead atoms. The molecule has 4 nitrogen and oxygen atoms in total. The van der Waals surface area contributed by atoms with E-state index < -0.39 is 0 Å². The smallest absolute Gasteiger partial charge is 0.118 e. The minimum absolute atomic E-state index is 0.0950. The van der Waals surface area contributed by atoms with Crippen LogP contribution in [0.5, 0.6) is 5.75 Å².